The van der Waals surface area contributed by atoms with Gasteiger partial charge in [0.05, 0.1) is 17.9 Å². The van der Waals surface area contributed by atoms with Gasteiger partial charge < -0.3 is 20.4 Å². The number of nitrogens with two attached hydrogens (primary N) is 1. The van der Waals surface area contributed by atoms with Crippen LogP contribution in [0.4, 0.5) is 5.00 Å². The van der Waals surface area contributed by atoms with Crippen molar-refractivity contribution in [3.8, 4) is 10.4 Å². The molecule has 3 aromatic rings. The van der Waals surface area contributed by atoms with E-state index in [9.17, 15) is 14.4 Å². The van der Waals surface area contributed by atoms with Gasteiger partial charge in [-0.1, -0.05) is 42.1 Å². The van der Waals surface area contributed by atoms with Gasteiger partial charge in [-0.2, -0.15) is 0 Å². The predicted octanol–water partition coefficient (Wildman–Crippen LogP) is 2.75. The Kier molecular flexibility index (Phi) is 6.33. The topological polar surface area (TPSA) is 131 Å². The molecular weight excluding hydrogens is 438 g/mol. The first-order valence-corrected chi connectivity index (χ1v) is 11.3. The summed E-state index contributed by atoms with van der Waals surface area (Å²) in [5.41, 5.74) is 6.67. The first-order valence-electron chi connectivity index (χ1n) is 9.51. The molecule has 31 heavy (non-hydrogen) atoms. The van der Waals surface area contributed by atoms with Crippen LogP contribution in [0, 0.1) is 0 Å². The summed E-state index contributed by atoms with van der Waals surface area (Å²) in [6.45, 7) is 0.956. The fourth-order valence-corrected chi connectivity index (χ4v) is 4.76. The van der Waals surface area contributed by atoms with E-state index in [1.165, 1.54) is 11.3 Å². The van der Waals surface area contributed by atoms with E-state index in [1.54, 1.807) is 11.0 Å². The molecule has 160 valence electrons. The van der Waals surface area contributed by atoms with E-state index < -0.39 is 5.91 Å². The molecule has 0 atom stereocenters. The molecule has 0 saturated carbocycles. The third-order valence-electron chi connectivity index (χ3n) is 4.58. The first-order chi connectivity index (χ1) is 15.0. The van der Waals surface area contributed by atoms with Crippen molar-refractivity contribution in [2.45, 2.75) is 24.6 Å². The number of aromatic nitrogens is 2. The number of thioether (sulfide) groups is 1. The maximum Gasteiger partial charge on any atom is 0.277 e. The summed E-state index contributed by atoms with van der Waals surface area (Å²) in [4.78, 5) is 38.4. The average molecular weight is 458 g/mol. The zero-order valence-corrected chi connectivity index (χ0v) is 18.0. The van der Waals surface area contributed by atoms with Gasteiger partial charge in [0.15, 0.2) is 0 Å². The van der Waals surface area contributed by atoms with Crippen molar-refractivity contribution in [3.63, 3.8) is 0 Å². The summed E-state index contributed by atoms with van der Waals surface area (Å²) in [5.74, 6) is -0.522. The number of anilines is 1. The number of carbonyl (C=O) groups is 3. The van der Waals surface area contributed by atoms with E-state index in [2.05, 4.69) is 15.5 Å². The minimum atomic E-state index is -0.612. The molecule has 2 aromatic heterocycles. The highest BCUT2D eigenvalue weighted by atomic mass is 32.2. The van der Waals surface area contributed by atoms with Gasteiger partial charge in [0.25, 0.3) is 11.1 Å². The van der Waals surface area contributed by atoms with Crippen molar-refractivity contribution in [3.05, 3.63) is 47.9 Å². The second-order valence-corrected chi connectivity index (χ2v) is 8.78. The largest absolute Gasteiger partial charge is 0.414 e. The Hall–Kier alpha value is -3.18. The van der Waals surface area contributed by atoms with E-state index >= 15 is 0 Å². The lowest BCUT2D eigenvalue weighted by atomic mass is 10.1. The number of carbonyl (C=O) groups excluding carboxylic acids is 3. The number of rotatable bonds is 8. The highest BCUT2D eigenvalue weighted by Gasteiger charge is 2.23. The van der Waals surface area contributed by atoms with Gasteiger partial charge >= 0.3 is 0 Å². The van der Waals surface area contributed by atoms with Crippen molar-refractivity contribution < 1.29 is 18.8 Å². The highest BCUT2D eigenvalue weighted by molar-refractivity contribution is 7.99. The number of hydrogen-bond donors (Lipinski definition) is 2. The molecule has 9 nitrogen and oxygen atoms in total. The number of hydrogen-bond acceptors (Lipinski definition) is 8. The molecule has 1 aliphatic rings. The fourth-order valence-electron chi connectivity index (χ4n) is 3.10. The van der Waals surface area contributed by atoms with Crippen LogP contribution in [-0.4, -0.2) is 45.1 Å². The third kappa shape index (κ3) is 5.12. The number of thiophene rings is 1. The van der Waals surface area contributed by atoms with Crippen LogP contribution in [0.5, 0.6) is 0 Å². The van der Waals surface area contributed by atoms with Crippen LogP contribution in [0.25, 0.3) is 10.4 Å². The maximum atomic E-state index is 12.4. The monoisotopic (exact) mass is 457 g/mol. The molecule has 1 aliphatic heterocycles. The molecule has 3 amide bonds. The van der Waals surface area contributed by atoms with Gasteiger partial charge in [-0.05, 0) is 18.1 Å². The molecule has 0 unspecified atom stereocenters. The molecule has 0 aliphatic carbocycles. The summed E-state index contributed by atoms with van der Waals surface area (Å²) in [5, 5.41) is 11.2. The smallest absolute Gasteiger partial charge is 0.277 e. The van der Waals surface area contributed by atoms with Gasteiger partial charge in [0.2, 0.25) is 17.7 Å². The van der Waals surface area contributed by atoms with Crippen LogP contribution in [0.15, 0.2) is 46.0 Å². The van der Waals surface area contributed by atoms with Crippen LogP contribution in [0.2, 0.25) is 0 Å². The second kappa shape index (κ2) is 9.31. The minimum Gasteiger partial charge on any atom is -0.414 e. The number of nitrogens with one attached hydrogen (secondary N) is 1. The Bertz CT molecular complexity index is 1110. The van der Waals surface area contributed by atoms with E-state index in [4.69, 9.17) is 10.2 Å². The highest BCUT2D eigenvalue weighted by Crippen LogP contribution is 2.35. The first kappa shape index (κ1) is 21.1. The van der Waals surface area contributed by atoms with Gasteiger partial charge in [-0.25, -0.2) is 0 Å². The Labute approximate surface area is 186 Å². The van der Waals surface area contributed by atoms with Crippen LogP contribution < -0.4 is 11.1 Å². The average Bonchev–Trinajstić information content (AvgIpc) is 3.48. The van der Waals surface area contributed by atoms with Crippen molar-refractivity contribution in [1.29, 1.82) is 0 Å². The van der Waals surface area contributed by atoms with Crippen molar-refractivity contribution in [1.82, 2.24) is 15.1 Å². The van der Waals surface area contributed by atoms with Gasteiger partial charge in [-0.3, -0.25) is 14.4 Å². The summed E-state index contributed by atoms with van der Waals surface area (Å²) >= 11 is 2.36. The third-order valence-corrected chi connectivity index (χ3v) is 6.50. The van der Waals surface area contributed by atoms with Gasteiger partial charge in [-0.15, -0.1) is 21.5 Å². The molecule has 1 fully saturated rings. The Morgan fingerprint density at radius 3 is 2.77 bits per heavy atom. The summed E-state index contributed by atoms with van der Waals surface area (Å²) in [6.07, 6.45) is 1.37. The lowest BCUT2D eigenvalue weighted by Gasteiger charge is -2.11. The van der Waals surface area contributed by atoms with Crippen LogP contribution >= 0.6 is 23.1 Å². The molecule has 3 N–H and O–H groups in total. The number of likely N-dealkylation sites (tertiary alicyclic amines) is 1. The fraction of sp³-hybridized carbons (Fsp3) is 0.250. The number of nitrogens with zero attached hydrogens (tertiary/aromatic N) is 3. The van der Waals surface area contributed by atoms with Crippen LogP contribution in [0.3, 0.4) is 0 Å². The molecule has 4 rings (SSSR count). The predicted molar refractivity (Wildman–Crippen MR) is 117 cm³/mol. The molecule has 0 bridgehead atoms. The Morgan fingerprint density at radius 2 is 2.06 bits per heavy atom. The zero-order valence-electron chi connectivity index (χ0n) is 16.4. The molecule has 1 aromatic carbocycles. The van der Waals surface area contributed by atoms with Crippen molar-refractivity contribution in [2.24, 2.45) is 5.73 Å². The van der Waals surface area contributed by atoms with E-state index in [0.29, 0.717) is 23.9 Å². The molecule has 1 saturated heterocycles. The Morgan fingerprint density at radius 1 is 1.26 bits per heavy atom. The van der Waals surface area contributed by atoms with Crippen molar-refractivity contribution >= 4 is 45.8 Å². The van der Waals surface area contributed by atoms with Crippen LogP contribution in [-0.2, 0) is 16.1 Å². The Balaban J connectivity index is 1.36. The minimum absolute atomic E-state index is 0.0149. The molecule has 0 spiro atoms. The lowest BCUT2D eigenvalue weighted by Crippen LogP contribution is -2.23. The molecule has 3 heterocycles. The van der Waals surface area contributed by atoms with E-state index in [-0.39, 0.29) is 34.9 Å². The second-order valence-electron chi connectivity index (χ2n) is 6.80. The van der Waals surface area contributed by atoms with Gasteiger partial charge in [0, 0.05) is 17.8 Å². The standard InChI is InChI=1S/C20H19N5O4S2/c21-18(28)13-9-14(12-5-2-1-3-6-12)31-19(13)22-15(26)11-30-20-24-23-16(29-20)10-25-8-4-7-17(25)27/h1-3,5-6,9H,4,7-8,10-11H2,(H2,21,28)(H,22,26). The van der Waals surface area contributed by atoms with Crippen LogP contribution in [0.1, 0.15) is 29.1 Å². The molecule has 0 radical (unpaired) electrons. The molecular formula is C20H19N5O4S2. The van der Waals surface area contributed by atoms with E-state index in [0.717, 1.165) is 28.6 Å². The SMILES string of the molecule is NC(=O)c1cc(-c2ccccc2)sc1NC(=O)CSc1nnc(CN2CCCC2=O)o1. The molecule has 11 heteroatoms. The number of amides is 3. The normalized spacial score (nSPS) is 13.5. The summed E-state index contributed by atoms with van der Waals surface area (Å²) < 4.78 is 5.51. The lowest BCUT2D eigenvalue weighted by molar-refractivity contribution is -0.128. The summed E-state index contributed by atoms with van der Waals surface area (Å²) in [7, 11) is 0. The van der Waals surface area contributed by atoms with E-state index in [1.807, 2.05) is 30.3 Å². The number of primary amides is 1. The summed E-state index contributed by atoms with van der Waals surface area (Å²) in [6, 6.07) is 11.2. The van der Waals surface area contributed by atoms with Gasteiger partial charge in [0.1, 0.15) is 5.00 Å². The zero-order chi connectivity index (χ0) is 21.8. The maximum absolute atomic E-state index is 12.4. The number of benzene rings is 1. The van der Waals surface area contributed by atoms with Crippen molar-refractivity contribution in [2.75, 3.05) is 17.6 Å². The quantitative estimate of drug-likeness (QED) is 0.497.